The SMILES string of the molecule is CC(C)(C)CCNCc1ccc(C(=O)N2CCCCC2)cc1. The van der Waals surface area contributed by atoms with Crippen molar-refractivity contribution in [2.45, 2.75) is 53.0 Å². The van der Waals surface area contributed by atoms with Gasteiger partial charge in [-0.1, -0.05) is 32.9 Å². The van der Waals surface area contributed by atoms with Gasteiger partial charge in [-0.05, 0) is 55.3 Å². The first kappa shape index (κ1) is 17.0. The van der Waals surface area contributed by atoms with E-state index in [4.69, 9.17) is 0 Å². The van der Waals surface area contributed by atoms with Crippen molar-refractivity contribution in [3.05, 3.63) is 35.4 Å². The number of likely N-dealkylation sites (tertiary alicyclic amines) is 1. The van der Waals surface area contributed by atoms with Crippen LogP contribution >= 0.6 is 0 Å². The van der Waals surface area contributed by atoms with E-state index in [-0.39, 0.29) is 5.91 Å². The first-order valence-electron chi connectivity index (χ1n) is 8.55. The van der Waals surface area contributed by atoms with Crippen molar-refractivity contribution in [2.75, 3.05) is 19.6 Å². The Hall–Kier alpha value is -1.35. The topological polar surface area (TPSA) is 32.3 Å². The van der Waals surface area contributed by atoms with Crippen LogP contribution in [0.15, 0.2) is 24.3 Å². The van der Waals surface area contributed by atoms with Crippen LogP contribution in [0.5, 0.6) is 0 Å². The molecule has 1 aliphatic heterocycles. The monoisotopic (exact) mass is 302 g/mol. The van der Waals surface area contributed by atoms with Crippen molar-refractivity contribution in [1.82, 2.24) is 10.2 Å². The Morgan fingerprint density at radius 3 is 2.32 bits per heavy atom. The number of piperidine rings is 1. The molecule has 0 radical (unpaired) electrons. The molecule has 22 heavy (non-hydrogen) atoms. The predicted octanol–water partition coefficient (Wildman–Crippen LogP) is 3.84. The third kappa shape index (κ3) is 5.45. The van der Waals surface area contributed by atoms with Gasteiger partial charge in [0.05, 0.1) is 0 Å². The number of hydrogen-bond acceptors (Lipinski definition) is 2. The van der Waals surface area contributed by atoms with Gasteiger partial charge in [-0.2, -0.15) is 0 Å². The van der Waals surface area contributed by atoms with Crippen molar-refractivity contribution >= 4 is 5.91 Å². The Bertz CT molecular complexity index is 467. The molecule has 0 spiro atoms. The van der Waals surface area contributed by atoms with Gasteiger partial charge >= 0.3 is 0 Å². The minimum absolute atomic E-state index is 0.187. The number of carbonyl (C=O) groups is 1. The van der Waals surface area contributed by atoms with E-state index >= 15 is 0 Å². The summed E-state index contributed by atoms with van der Waals surface area (Å²) in [4.78, 5) is 14.4. The highest BCUT2D eigenvalue weighted by atomic mass is 16.2. The van der Waals surface area contributed by atoms with Gasteiger partial charge in [0.1, 0.15) is 0 Å². The van der Waals surface area contributed by atoms with E-state index in [1.807, 2.05) is 17.0 Å². The van der Waals surface area contributed by atoms with Gasteiger partial charge in [0, 0.05) is 25.2 Å². The molecule has 0 saturated carbocycles. The largest absolute Gasteiger partial charge is 0.339 e. The standard InChI is InChI=1S/C19H30N2O/c1-19(2,3)11-12-20-15-16-7-9-17(10-8-16)18(22)21-13-5-4-6-14-21/h7-10,20H,4-6,11-15H2,1-3H3. The lowest BCUT2D eigenvalue weighted by molar-refractivity contribution is 0.0724. The summed E-state index contributed by atoms with van der Waals surface area (Å²) in [6, 6.07) is 8.08. The zero-order chi connectivity index (χ0) is 16.0. The molecule has 3 nitrogen and oxygen atoms in total. The summed E-state index contributed by atoms with van der Waals surface area (Å²) in [5.74, 6) is 0.187. The molecular weight excluding hydrogens is 272 g/mol. The lowest BCUT2D eigenvalue weighted by atomic mass is 9.92. The smallest absolute Gasteiger partial charge is 0.253 e. The van der Waals surface area contributed by atoms with Crippen molar-refractivity contribution in [2.24, 2.45) is 5.41 Å². The van der Waals surface area contributed by atoms with Gasteiger partial charge in [-0.3, -0.25) is 4.79 Å². The minimum atomic E-state index is 0.187. The zero-order valence-corrected chi connectivity index (χ0v) is 14.3. The van der Waals surface area contributed by atoms with E-state index in [9.17, 15) is 4.79 Å². The Morgan fingerprint density at radius 1 is 1.09 bits per heavy atom. The van der Waals surface area contributed by atoms with E-state index in [0.717, 1.165) is 44.6 Å². The van der Waals surface area contributed by atoms with E-state index < -0.39 is 0 Å². The third-order valence-electron chi connectivity index (χ3n) is 4.23. The van der Waals surface area contributed by atoms with Gasteiger partial charge in [-0.15, -0.1) is 0 Å². The Labute approximate surface area is 135 Å². The molecule has 0 atom stereocenters. The van der Waals surface area contributed by atoms with Gasteiger partial charge < -0.3 is 10.2 Å². The summed E-state index contributed by atoms with van der Waals surface area (Å²) < 4.78 is 0. The molecular formula is C19H30N2O. The first-order chi connectivity index (χ1) is 10.5. The average molecular weight is 302 g/mol. The molecule has 1 aromatic rings. The van der Waals surface area contributed by atoms with Crippen LogP contribution in [0.2, 0.25) is 0 Å². The molecule has 0 aromatic heterocycles. The molecule has 1 aliphatic rings. The second-order valence-corrected chi connectivity index (χ2v) is 7.54. The quantitative estimate of drug-likeness (QED) is 0.838. The molecule has 1 N–H and O–H groups in total. The lowest BCUT2D eigenvalue weighted by Crippen LogP contribution is -2.35. The van der Waals surface area contributed by atoms with Gasteiger partial charge in [0.2, 0.25) is 0 Å². The summed E-state index contributed by atoms with van der Waals surface area (Å²) in [6.45, 7) is 10.5. The molecule has 1 amide bonds. The third-order valence-corrected chi connectivity index (χ3v) is 4.23. The van der Waals surface area contributed by atoms with Crippen molar-refractivity contribution in [1.29, 1.82) is 0 Å². The van der Waals surface area contributed by atoms with Gasteiger partial charge in [-0.25, -0.2) is 0 Å². The molecule has 1 saturated heterocycles. The Balaban J connectivity index is 1.81. The molecule has 0 unspecified atom stereocenters. The second-order valence-electron chi connectivity index (χ2n) is 7.54. The van der Waals surface area contributed by atoms with E-state index in [2.05, 4.69) is 38.2 Å². The number of hydrogen-bond donors (Lipinski definition) is 1. The maximum absolute atomic E-state index is 12.4. The fourth-order valence-electron chi connectivity index (χ4n) is 2.74. The van der Waals surface area contributed by atoms with Crippen LogP contribution in [0.4, 0.5) is 0 Å². The second kappa shape index (κ2) is 7.77. The number of nitrogens with zero attached hydrogens (tertiary/aromatic N) is 1. The maximum Gasteiger partial charge on any atom is 0.253 e. The van der Waals surface area contributed by atoms with Crippen LogP contribution in [0.25, 0.3) is 0 Å². The summed E-state index contributed by atoms with van der Waals surface area (Å²) in [6.07, 6.45) is 4.70. The van der Waals surface area contributed by atoms with Crippen LogP contribution in [0.3, 0.4) is 0 Å². The molecule has 0 bridgehead atoms. The van der Waals surface area contributed by atoms with Gasteiger partial charge in [0.15, 0.2) is 0 Å². The Morgan fingerprint density at radius 2 is 1.73 bits per heavy atom. The summed E-state index contributed by atoms with van der Waals surface area (Å²) >= 11 is 0. The van der Waals surface area contributed by atoms with E-state index in [1.54, 1.807) is 0 Å². The molecule has 122 valence electrons. The molecule has 2 rings (SSSR count). The van der Waals surface area contributed by atoms with Crippen LogP contribution in [0, 0.1) is 5.41 Å². The lowest BCUT2D eigenvalue weighted by Gasteiger charge is -2.26. The zero-order valence-electron chi connectivity index (χ0n) is 14.3. The highest BCUT2D eigenvalue weighted by molar-refractivity contribution is 5.94. The average Bonchev–Trinajstić information content (AvgIpc) is 2.51. The summed E-state index contributed by atoms with van der Waals surface area (Å²) in [5, 5.41) is 3.47. The Kier molecular flexibility index (Phi) is 6.01. The summed E-state index contributed by atoms with van der Waals surface area (Å²) in [5.41, 5.74) is 2.43. The predicted molar refractivity (Wildman–Crippen MR) is 92.0 cm³/mol. The van der Waals surface area contributed by atoms with Crippen LogP contribution in [-0.4, -0.2) is 30.4 Å². The molecule has 1 aromatic carbocycles. The van der Waals surface area contributed by atoms with Gasteiger partial charge in [0.25, 0.3) is 5.91 Å². The van der Waals surface area contributed by atoms with Crippen LogP contribution in [0.1, 0.15) is 62.4 Å². The normalized spacial score (nSPS) is 15.9. The van der Waals surface area contributed by atoms with E-state index in [0.29, 0.717) is 5.41 Å². The molecule has 1 fully saturated rings. The molecule has 0 aliphatic carbocycles. The number of nitrogens with one attached hydrogen (secondary N) is 1. The highest BCUT2D eigenvalue weighted by Gasteiger charge is 2.17. The van der Waals surface area contributed by atoms with Crippen LogP contribution < -0.4 is 5.32 Å². The molecule has 1 heterocycles. The summed E-state index contributed by atoms with van der Waals surface area (Å²) in [7, 11) is 0. The number of rotatable bonds is 5. The van der Waals surface area contributed by atoms with Crippen LogP contribution in [-0.2, 0) is 6.54 Å². The fraction of sp³-hybridized carbons (Fsp3) is 0.632. The fourth-order valence-corrected chi connectivity index (χ4v) is 2.74. The van der Waals surface area contributed by atoms with Crippen molar-refractivity contribution in [3.8, 4) is 0 Å². The number of carbonyl (C=O) groups excluding carboxylic acids is 1. The minimum Gasteiger partial charge on any atom is -0.339 e. The van der Waals surface area contributed by atoms with Crippen molar-refractivity contribution < 1.29 is 4.79 Å². The first-order valence-corrected chi connectivity index (χ1v) is 8.55. The van der Waals surface area contributed by atoms with E-state index in [1.165, 1.54) is 18.4 Å². The van der Waals surface area contributed by atoms with Crippen molar-refractivity contribution in [3.63, 3.8) is 0 Å². The highest BCUT2D eigenvalue weighted by Crippen LogP contribution is 2.17. The number of benzene rings is 1. The number of amides is 1. The maximum atomic E-state index is 12.4. The molecule has 3 heteroatoms.